The standard InChI is InChI=1S/2C6H10O7.O.2Sb/c2*7-1-2(8)3(9)4(10)5(11)6(12)13;;;/h2*2-5,7-8,10H,1H2,(H,12,13);;;/q2*-2;;2*+3/t2*2-,3-,4+,5-;;;/m11.../s1. The molecule has 2 rings (SSSR count). The molecule has 2 heterocycles. The fourth-order valence-corrected chi connectivity index (χ4v) is 13.3. The number of carboxylic acid groups (broad SMARTS) is 2. The third-order valence-corrected chi connectivity index (χ3v) is 14.4. The molecule has 2 aliphatic rings. The van der Waals surface area contributed by atoms with Crippen LogP contribution in [0.5, 0.6) is 0 Å². The fourth-order valence-electron chi connectivity index (χ4n) is 2.35. The van der Waals surface area contributed by atoms with E-state index in [0.717, 1.165) is 0 Å². The molecule has 0 aromatic carbocycles. The molecule has 0 bridgehead atoms. The first kappa shape index (κ1) is 25.4. The van der Waals surface area contributed by atoms with Gasteiger partial charge in [-0.2, -0.15) is 0 Å². The minimum atomic E-state index is -4.04. The van der Waals surface area contributed by atoms with Crippen molar-refractivity contribution in [3.8, 4) is 0 Å². The number of rotatable bonds is 8. The molecule has 0 spiro atoms. The van der Waals surface area contributed by atoms with Crippen molar-refractivity contribution in [1.82, 2.24) is 0 Å². The summed E-state index contributed by atoms with van der Waals surface area (Å²) < 4.78 is 26.1. The van der Waals surface area contributed by atoms with Crippen LogP contribution >= 0.6 is 0 Å². The Bertz CT molecular complexity index is 532. The van der Waals surface area contributed by atoms with Crippen molar-refractivity contribution in [2.75, 3.05) is 13.2 Å². The van der Waals surface area contributed by atoms with E-state index in [0.29, 0.717) is 0 Å². The summed E-state index contributed by atoms with van der Waals surface area (Å²) in [6.07, 6.45) is -13.8. The topological polar surface area (TPSA) is 242 Å². The van der Waals surface area contributed by atoms with Gasteiger partial charge in [0.25, 0.3) is 0 Å². The molecule has 8 N–H and O–H groups in total. The van der Waals surface area contributed by atoms with E-state index in [-0.39, 0.29) is 0 Å². The van der Waals surface area contributed by atoms with Gasteiger partial charge in [-0.05, 0) is 0 Å². The molecule has 0 aromatic rings. The molecule has 2 fully saturated rings. The Labute approximate surface area is 180 Å². The zero-order valence-corrected chi connectivity index (χ0v) is 19.5. The van der Waals surface area contributed by atoms with Gasteiger partial charge < -0.3 is 0 Å². The van der Waals surface area contributed by atoms with E-state index in [9.17, 15) is 40.2 Å². The molecule has 0 saturated carbocycles. The van der Waals surface area contributed by atoms with Crippen molar-refractivity contribution in [2.24, 2.45) is 0 Å². The molecule has 2 saturated heterocycles. The Kier molecular flexibility index (Phi) is 9.75. The van der Waals surface area contributed by atoms with Gasteiger partial charge in [0.05, 0.1) is 0 Å². The number of hydrogen-bond acceptors (Lipinski definition) is 13. The average Bonchev–Trinajstić information content (AvgIpc) is 2.68. The number of carbonyl (C=O) groups is 2. The first-order valence-electron chi connectivity index (χ1n) is 7.95. The Hall–Kier alpha value is 0.136. The van der Waals surface area contributed by atoms with Crippen molar-refractivity contribution in [2.45, 2.75) is 48.8 Å². The maximum atomic E-state index is 11.3. The van der Waals surface area contributed by atoms with E-state index in [4.69, 9.17) is 23.6 Å². The number of carboxylic acids is 2. The van der Waals surface area contributed by atoms with Crippen molar-refractivity contribution >= 4 is 54.9 Å². The molecule has 2 aliphatic heterocycles. The molecule has 0 aliphatic carbocycles. The van der Waals surface area contributed by atoms with Crippen LogP contribution in [0.15, 0.2) is 0 Å². The fraction of sp³-hybridized carbons (Fsp3) is 0.833. The summed E-state index contributed by atoms with van der Waals surface area (Å²) in [6, 6.07) is 0. The van der Waals surface area contributed by atoms with Crippen molar-refractivity contribution in [1.29, 1.82) is 0 Å². The van der Waals surface area contributed by atoms with Gasteiger partial charge in [0.2, 0.25) is 0 Å². The van der Waals surface area contributed by atoms with E-state index < -0.39 is 117 Å². The number of aliphatic hydroxyl groups excluding tert-OH is 6. The molecule has 2 radical (unpaired) electrons. The zero-order chi connectivity index (χ0) is 21.9. The maximum absolute atomic E-state index is 11.3. The van der Waals surface area contributed by atoms with E-state index in [1.165, 1.54) is 0 Å². The van der Waals surface area contributed by atoms with Gasteiger partial charge in [-0.3, -0.25) is 0 Å². The summed E-state index contributed by atoms with van der Waals surface area (Å²) in [4.78, 5) is 22.6. The summed E-state index contributed by atoms with van der Waals surface area (Å²) in [5, 5.41) is 75.9. The molecule has 8 atom stereocenters. The molecule has 0 aromatic heterocycles. The van der Waals surface area contributed by atoms with Crippen LogP contribution < -0.4 is 0 Å². The Balaban J connectivity index is 2.16. The summed E-state index contributed by atoms with van der Waals surface area (Å²) in [7, 11) is 0. The van der Waals surface area contributed by atoms with Gasteiger partial charge in [0, 0.05) is 0 Å². The minimum absolute atomic E-state index is 0.863. The van der Waals surface area contributed by atoms with Crippen LogP contribution in [0.4, 0.5) is 0 Å². The SMILES string of the molecule is O=C(O)[C@@H]1[O][Sb+]([O][Sb+]2[O][C@H]([C@H](O)CO)[C@H](O)[C@H](C(=O)O)[O]2)[O][C@H]([C@H](O)CO)[C@@H]1O. The van der Waals surface area contributed by atoms with Crippen LogP contribution in [0.2, 0.25) is 0 Å². The summed E-state index contributed by atoms with van der Waals surface area (Å²) in [5.41, 5.74) is 0. The predicted molar refractivity (Wildman–Crippen MR) is 85.6 cm³/mol. The Morgan fingerprint density at radius 1 is 0.793 bits per heavy atom. The number of aliphatic carboxylic acids is 2. The molecule has 17 heteroatoms. The van der Waals surface area contributed by atoms with Gasteiger partial charge in [0.15, 0.2) is 0 Å². The summed E-state index contributed by atoms with van der Waals surface area (Å²) in [6.45, 7) is -1.73. The van der Waals surface area contributed by atoms with E-state index >= 15 is 0 Å². The van der Waals surface area contributed by atoms with E-state index in [2.05, 4.69) is 0 Å². The van der Waals surface area contributed by atoms with Crippen LogP contribution in [0, 0.1) is 0 Å². The zero-order valence-electron chi connectivity index (χ0n) is 14.4. The van der Waals surface area contributed by atoms with Crippen molar-refractivity contribution < 1.29 is 63.8 Å². The van der Waals surface area contributed by atoms with E-state index in [1.807, 2.05) is 0 Å². The molecule has 15 nitrogen and oxygen atoms in total. The quantitative estimate of drug-likeness (QED) is 0.114. The Morgan fingerprint density at radius 3 is 1.41 bits per heavy atom. The molecule has 0 amide bonds. The molecule has 0 unspecified atom stereocenters. The van der Waals surface area contributed by atoms with Gasteiger partial charge in [-0.1, -0.05) is 0 Å². The van der Waals surface area contributed by atoms with E-state index in [1.54, 1.807) is 0 Å². The first-order valence-corrected chi connectivity index (χ1v) is 14.2. The van der Waals surface area contributed by atoms with Crippen molar-refractivity contribution in [3.05, 3.63) is 0 Å². The van der Waals surface area contributed by atoms with Gasteiger partial charge in [-0.15, -0.1) is 0 Å². The van der Waals surface area contributed by atoms with Crippen LogP contribution in [-0.2, 0) is 22.9 Å². The molecule has 29 heavy (non-hydrogen) atoms. The third kappa shape index (κ3) is 6.10. The number of aliphatic hydroxyl groups is 6. The second-order valence-electron chi connectivity index (χ2n) is 5.88. The van der Waals surface area contributed by atoms with Crippen molar-refractivity contribution in [3.63, 3.8) is 0 Å². The van der Waals surface area contributed by atoms with Gasteiger partial charge in [0.1, 0.15) is 0 Å². The van der Waals surface area contributed by atoms with Gasteiger partial charge >= 0.3 is 181 Å². The van der Waals surface area contributed by atoms with Crippen LogP contribution in [0.25, 0.3) is 0 Å². The average molecular weight is 648 g/mol. The van der Waals surface area contributed by atoms with Crippen LogP contribution in [0.1, 0.15) is 0 Å². The summed E-state index contributed by atoms with van der Waals surface area (Å²) >= 11 is -8.08. The Morgan fingerprint density at radius 2 is 1.14 bits per heavy atom. The van der Waals surface area contributed by atoms with Crippen LogP contribution in [0.3, 0.4) is 0 Å². The normalized spacial score (nSPS) is 36.5. The van der Waals surface area contributed by atoms with Crippen LogP contribution in [-0.4, -0.2) is 158 Å². The van der Waals surface area contributed by atoms with Gasteiger partial charge in [-0.25, -0.2) is 0 Å². The molecule has 166 valence electrons. The predicted octanol–water partition coefficient (Wildman–Crippen LogP) is -5.86. The summed E-state index contributed by atoms with van der Waals surface area (Å²) in [5.74, 6) is -3.20. The second kappa shape index (κ2) is 11.1. The molecular formula is C12H20O15Sb2+2. The third-order valence-electron chi connectivity index (χ3n) is 3.86. The molecular weight excluding hydrogens is 628 g/mol. The monoisotopic (exact) mass is 646 g/mol. The number of hydrogen-bond donors (Lipinski definition) is 8. The second-order valence-corrected chi connectivity index (χ2v) is 14.4. The first-order chi connectivity index (χ1) is 13.6.